The molecule has 0 aromatic carbocycles. The summed E-state index contributed by atoms with van der Waals surface area (Å²) in [4.78, 5) is 2.02. The Labute approximate surface area is 79.7 Å². The van der Waals surface area contributed by atoms with Crippen molar-refractivity contribution in [3.8, 4) is 0 Å². The topological polar surface area (TPSA) is 23.5 Å². The van der Waals surface area contributed by atoms with Crippen molar-refractivity contribution in [3.63, 3.8) is 0 Å². The fraction of sp³-hybridized carbons (Fsp3) is 1.00. The average Bonchev–Trinajstić information content (AvgIpc) is 2.26. The highest BCUT2D eigenvalue weighted by Gasteiger charge is 2.45. The molecular weight excluding hydrogens is 169 g/mol. The van der Waals surface area contributed by atoms with E-state index in [1.54, 1.807) is 0 Å². The van der Waals surface area contributed by atoms with Crippen molar-refractivity contribution >= 4 is 0 Å². The van der Waals surface area contributed by atoms with Crippen LogP contribution in [0.3, 0.4) is 0 Å². The van der Waals surface area contributed by atoms with Crippen LogP contribution in [0, 0.1) is 5.41 Å². The summed E-state index contributed by atoms with van der Waals surface area (Å²) >= 11 is 0. The average molecular weight is 189 g/mol. The zero-order valence-electron chi connectivity index (χ0n) is 8.92. The first-order chi connectivity index (χ1) is 5.88. The van der Waals surface area contributed by atoms with Crippen molar-refractivity contribution in [2.75, 3.05) is 13.1 Å². The molecule has 2 nitrogen and oxygen atoms in total. The van der Waals surface area contributed by atoms with Crippen LogP contribution in [0.15, 0.2) is 0 Å². The van der Waals surface area contributed by atoms with Gasteiger partial charge in [-0.05, 0) is 12.0 Å². The summed E-state index contributed by atoms with van der Waals surface area (Å²) in [5.41, 5.74) is -0.0593. The van der Waals surface area contributed by atoms with Gasteiger partial charge < -0.3 is 5.11 Å². The Bertz CT molecular complexity index is 178. The Morgan fingerprint density at radius 1 is 1.46 bits per heavy atom. The second-order valence-electron chi connectivity index (χ2n) is 4.91. The highest BCUT2D eigenvalue weighted by atomic mass is 19.1. The lowest BCUT2D eigenvalue weighted by Crippen LogP contribution is -2.45. The van der Waals surface area contributed by atoms with E-state index in [0.717, 1.165) is 6.54 Å². The Morgan fingerprint density at radius 2 is 2.00 bits per heavy atom. The molecule has 1 aliphatic rings. The molecule has 3 heteroatoms. The summed E-state index contributed by atoms with van der Waals surface area (Å²) < 4.78 is 13.2. The Balaban J connectivity index is 2.80. The molecule has 0 unspecified atom stereocenters. The minimum atomic E-state index is -1.08. The third-order valence-corrected chi connectivity index (χ3v) is 2.79. The number of nitrogens with zero attached hydrogens (tertiary/aromatic N) is 1. The van der Waals surface area contributed by atoms with Crippen molar-refractivity contribution in [2.45, 2.75) is 46.0 Å². The van der Waals surface area contributed by atoms with Gasteiger partial charge in [-0.2, -0.15) is 0 Å². The third-order valence-electron chi connectivity index (χ3n) is 2.79. The van der Waals surface area contributed by atoms with E-state index in [2.05, 4.69) is 0 Å². The molecule has 0 aromatic rings. The summed E-state index contributed by atoms with van der Waals surface area (Å²) in [7, 11) is 0. The molecule has 78 valence electrons. The molecule has 0 radical (unpaired) electrons. The minimum Gasteiger partial charge on any atom is -0.388 e. The maximum Gasteiger partial charge on any atom is 0.140 e. The van der Waals surface area contributed by atoms with E-state index in [1.807, 2.05) is 32.6 Å². The molecule has 0 aromatic heterocycles. The second kappa shape index (κ2) is 3.54. The first kappa shape index (κ1) is 10.9. The first-order valence-electron chi connectivity index (χ1n) is 4.94. The molecule has 0 amide bonds. The van der Waals surface area contributed by atoms with Gasteiger partial charge in [0.1, 0.15) is 12.3 Å². The number of aliphatic hydroxyl groups excluding tert-OH is 1. The monoisotopic (exact) mass is 189 g/mol. The normalized spacial score (nSPS) is 36.9. The van der Waals surface area contributed by atoms with E-state index < -0.39 is 12.3 Å². The lowest BCUT2D eigenvalue weighted by atomic mass is 9.83. The molecule has 1 fully saturated rings. The first-order valence-corrected chi connectivity index (χ1v) is 4.94. The van der Waals surface area contributed by atoms with Gasteiger partial charge in [-0.15, -0.1) is 0 Å². The molecule has 1 N–H and O–H groups in total. The van der Waals surface area contributed by atoms with Crippen LogP contribution in [0.25, 0.3) is 0 Å². The van der Waals surface area contributed by atoms with E-state index in [9.17, 15) is 9.50 Å². The summed E-state index contributed by atoms with van der Waals surface area (Å²) in [6, 6.07) is -0.0486. The highest BCUT2D eigenvalue weighted by Crippen LogP contribution is 2.33. The maximum absolute atomic E-state index is 13.2. The van der Waals surface area contributed by atoms with Crippen molar-refractivity contribution < 1.29 is 9.50 Å². The van der Waals surface area contributed by atoms with Crippen molar-refractivity contribution in [1.29, 1.82) is 0 Å². The predicted molar refractivity (Wildman–Crippen MR) is 51.4 cm³/mol. The molecule has 13 heavy (non-hydrogen) atoms. The van der Waals surface area contributed by atoms with E-state index in [0.29, 0.717) is 6.54 Å². The summed E-state index contributed by atoms with van der Waals surface area (Å²) in [5, 5.41) is 9.68. The van der Waals surface area contributed by atoms with Gasteiger partial charge in [-0.3, -0.25) is 4.90 Å². The van der Waals surface area contributed by atoms with Crippen LogP contribution in [0.2, 0.25) is 0 Å². The number of rotatable bonds is 1. The molecule has 0 saturated carbocycles. The Morgan fingerprint density at radius 3 is 2.31 bits per heavy atom. The highest BCUT2D eigenvalue weighted by molar-refractivity contribution is 4.98. The van der Waals surface area contributed by atoms with Gasteiger partial charge in [0.15, 0.2) is 0 Å². The SMILES string of the molecule is CCN1C[C@H](F)[C@H](O)[C@H]1C(C)(C)C. The quantitative estimate of drug-likeness (QED) is 0.674. The number of likely N-dealkylation sites (tertiary alicyclic amines) is 1. The van der Waals surface area contributed by atoms with Gasteiger partial charge in [-0.1, -0.05) is 27.7 Å². The van der Waals surface area contributed by atoms with Gasteiger partial charge in [0, 0.05) is 12.6 Å². The van der Waals surface area contributed by atoms with Crippen LogP contribution in [-0.4, -0.2) is 41.4 Å². The standard InChI is InChI=1S/C10H20FNO/c1-5-12-6-7(11)8(13)9(12)10(2,3)4/h7-9,13H,5-6H2,1-4H3/t7-,8-,9-/m0/s1. The largest absolute Gasteiger partial charge is 0.388 e. The third kappa shape index (κ3) is 2.02. The number of halogens is 1. The fourth-order valence-corrected chi connectivity index (χ4v) is 2.25. The van der Waals surface area contributed by atoms with Crippen LogP contribution < -0.4 is 0 Å². The molecule has 1 saturated heterocycles. The lowest BCUT2D eigenvalue weighted by Gasteiger charge is -2.35. The predicted octanol–water partition coefficient (Wildman–Crippen LogP) is 1.44. The molecule has 0 spiro atoms. The molecule has 1 rings (SSSR count). The molecule has 3 atom stereocenters. The van der Waals surface area contributed by atoms with Gasteiger partial charge in [0.25, 0.3) is 0 Å². The molecule has 0 bridgehead atoms. The van der Waals surface area contributed by atoms with Crippen molar-refractivity contribution in [2.24, 2.45) is 5.41 Å². The van der Waals surface area contributed by atoms with Crippen LogP contribution in [0.4, 0.5) is 4.39 Å². The maximum atomic E-state index is 13.2. The van der Waals surface area contributed by atoms with Crippen LogP contribution in [0.5, 0.6) is 0 Å². The van der Waals surface area contributed by atoms with E-state index in [1.165, 1.54) is 0 Å². The number of hydrogen-bond donors (Lipinski definition) is 1. The zero-order chi connectivity index (χ0) is 10.2. The van der Waals surface area contributed by atoms with Crippen molar-refractivity contribution in [1.82, 2.24) is 4.90 Å². The van der Waals surface area contributed by atoms with Gasteiger partial charge in [0.2, 0.25) is 0 Å². The summed E-state index contributed by atoms with van der Waals surface area (Å²) in [6.45, 7) is 9.31. The smallest absolute Gasteiger partial charge is 0.140 e. The van der Waals surface area contributed by atoms with Crippen LogP contribution in [0.1, 0.15) is 27.7 Å². The van der Waals surface area contributed by atoms with E-state index in [4.69, 9.17) is 0 Å². The van der Waals surface area contributed by atoms with Gasteiger partial charge >= 0.3 is 0 Å². The van der Waals surface area contributed by atoms with Crippen LogP contribution >= 0.6 is 0 Å². The fourth-order valence-electron chi connectivity index (χ4n) is 2.25. The summed E-state index contributed by atoms with van der Waals surface area (Å²) in [6.07, 6.45) is -1.90. The number of alkyl halides is 1. The lowest BCUT2D eigenvalue weighted by molar-refractivity contribution is 0.0293. The molecule has 1 aliphatic heterocycles. The second-order valence-corrected chi connectivity index (χ2v) is 4.91. The molecule has 0 aliphatic carbocycles. The number of likely N-dealkylation sites (N-methyl/N-ethyl adjacent to an activating group) is 1. The molecule has 1 heterocycles. The van der Waals surface area contributed by atoms with E-state index in [-0.39, 0.29) is 11.5 Å². The Hall–Kier alpha value is -0.150. The zero-order valence-corrected chi connectivity index (χ0v) is 8.92. The van der Waals surface area contributed by atoms with Crippen molar-refractivity contribution in [3.05, 3.63) is 0 Å². The molecular formula is C10H20FNO. The minimum absolute atomic E-state index is 0.0486. The van der Waals surface area contributed by atoms with Gasteiger partial charge in [-0.25, -0.2) is 4.39 Å². The van der Waals surface area contributed by atoms with E-state index >= 15 is 0 Å². The summed E-state index contributed by atoms with van der Waals surface area (Å²) in [5.74, 6) is 0. The van der Waals surface area contributed by atoms with Gasteiger partial charge in [0.05, 0.1) is 0 Å². The number of hydrogen-bond acceptors (Lipinski definition) is 2. The Kier molecular flexibility index (Phi) is 2.98. The van der Waals surface area contributed by atoms with Crippen LogP contribution in [-0.2, 0) is 0 Å². The number of aliphatic hydroxyl groups is 1.